The van der Waals surface area contributed by atoms with Crippen LogP contribution in [0.1, 0.15) is 24.5 Å². The Hall–Kier alpha value is -2.96. The quantitative estimate of drug-likeness (QED) is 0.775. The number of carboxylic acid groups (broad SMARTS) is 1. The van der Waals surface area contributed by atoms with Crippen LogP contribution in [0.15, 0.2) is 48.0 Å². The van der Waals surface area contributed by atoms with Gasteiger partial charge in [-0.05, 0) is 42.3 Å². The zero-order valence-electron chi connectivity index (χ0n) is 14.4. The smallest absolute Gasteiger partial charge is 0.430 e. The van der Waals surface area contributed by atoms with Crippen molar-refractivity contribution in [3.05, 3.63) is 59.2 Å². The summed E-state index contributed by atoms with van der Waals surface area (Å²) in [6.07, 6.45) is -4.47. The number of fused-ring (bicyclic) bond motifs is 1. The Balaban J connectivity index is 1.95. The molecule has 2 aromatic carbocycles. The highest BCUT2D eigenvalue weighted by atomic mass is 19.4. The Morgan fingerprint density at radius 3 is 2.48 bits per heavy atom. The minimum absolute atomic E-state index is 0.0811. The second-order valence-corrected chi connectivity index (χ2v) is 6.11. The van der Waals surface area contributed by atoms with Gasteiger partial charge in [0.15, 0.2) is 0 Å². The molecule has 0 saturated heterocycles. The normalized spacial score (nSPS) is 16.1. The molecule has 2 aromatic rings. The molecule has 1 aliphatic heterocycles. The van der Waals surface area contributed by atoms with Crippen LogP contribution in [0, 0.1) is 0 Å². The molecule has 0 radical (unpaired) electrons. The van der Waals surface area contributed by atoms with Gasteiger partial charge in [-0.25, -0.2) is 4.79 Å². The Bertz CT molecular complexity index is 870. The fraction of sp³-hybridized carbons (Fsp3) is 0.250. The van der Waals surface area contributed by atoms with Crippen molar-refractivity contribution in [3.8, 4) is 17.2 Å². The fourth-order valence-electron chi connectivity index (χ4n) is 2.84. The van der Waals surface area contributed by atoms with Crippen molar-refractivity contribution < 1.29 is 32.5 Å². The number of benzene rings is 2. The largest absolute Gasteiger partial charge is 0.478 e. The highest BCUT2D eigenvalue weighted by Gasteiger charge is 2.48. The van der Waals surface area contributed by atoms with E-state index >= 15 is 0 Å². The number of rotatable bonds is 5. The molecule has 1 aliphatic rings. The van der Waals surface area contributed by atoms with Crippen LogP contribution >= 0.6 is 0 Å². The summed E-state index contributed by atoms with van der Waals surface area (Å²) in [5.74, 6) is -1.06. The minimum Gasteiger partial charge on any atom is -0.478 e. The van der Waals surface area contributed by atoms with Gasteiger partial charge in [-0.2, -0.15) is 13.2 Å². The molecule has 0 spiro atoms. The number of halogens is 3. The lowest BCUT2D eigenvalue weighted by atomic mass is 10.0. The van der Waals surface area contributed by atoms with Gasteiger partial charge in [0, 0.05) is 0 Å². The maximum Gasteiger partial charge on any atom is 0.430 e. The number of aliphatic carboxylic acids is 1. The van der Waals surface area contributed by atoms with Crippen LogP contribution in [-0.4, -0.2) is 23.4 Å². The number of hydrogen-bond donors (Lipinski definition) is 1. The molecule has 0 aliphatic carbocycles. The van der Waals surface area contributed by atoms with Crippen LogP contribution in [0.5, 0.6) is 17.2 Å². The van der Waals surface area contributed by atoms with E-state index in [4.69, 9.17) is 9.47 Å². The summed E-state index contributed by atoms with van der Waals surface area (Å²) in [5, 5.41) is 9.17. The topological polar surface area (TPSA) is 55.8 Å². The van der Waals surface area contributed by atoms with Crippen LogP contribution in [0.4, 0.5) is 13.2 Å². The lowest BCUT2D eigenvalue weighted by Gasteiger charge is -2.27. The molecule has 7 heteroatoms. The third-order valence-corrected chi connectivity index (χ3v) is 4.09. The van der Waals surface area contributed by atoms with E-state index in [1.165, 1.54) is 12.1 Å². The molecule has 1 heterocycles. The summed E-state index contributed by atoms with van der Waals surface area (Å²) >= 11 is 0. The summed E-state index contributed by atoms with van der Waals surface area (Å²) in [5.41, 5.74) is 0.418. The second kappa shape index (κ2) is 7.34. The molecule has 1 N–H and O–H groups in total. The van der Waals surface area contributed by atoms with Gasteiger partial charge in [0.2, 0.25) is 6.10 Å². The first kappa shape index (κ1) is 18.8. The van der Waals surface area contributed by atoms with E-state index in [2.05, 4.69) is 6.92 Å². The Morgan fingerprint density at radius 2 is 1.89 bits per heavy atom. The molecular weight excluding hydrogens is 361 g/mol. The lowest BCUT2D eigenvalue weighted by molar-refractivity contribution is -0.187. The third-order valence-electron chi connectivity index (χ3n) is 4.09. The van der Waals surface area contributed by atoms with Gasteiger partial charge in [0.1, 0.15) is 17.2 Å². The first-order valence-corrected chi connectivity index (χ1v) is 8.37. The molecule has 1 atom stereocenters. The Morgan fingerprint density at radius 1 is 1.19 bits per heavy atom. The Kier molecular flexibility index (Phi) is 5.12. The first-order chi connectivity index (χ1) is 12.8. The maximum absolute atomic E-state index is 13.1. The van der Waals surface area contributed by atoms with Crippen LogP contribution in [0.3, 0.4) is 0 Å². The van der Waals surface area contributed by atoms with Crippen molar-refractivity contribution in [1.29, 1.82) is 0 Å². The van der Waals surface area contributed by atoms with E-state index in [0.29, 0.717) is 5.75 Å². The van der Waals surface area contributed by atoms with Crippen LogP contribution in [-0.2, 0) is 11.2 Å². The zero-order valence-corrected chi connectivity index (χ0v) is 14.4. The van der Waals surface area contributed by atoms with E-state index in [0.717, 1.165) is 24.5 Å². The fourth-order valence-corrected chi connectivity index (χ4v) is 2.84. The number of carbonyl (C=O) groups is 1. The number of hydrogen-bond acceptors (Lipinski definition) is 3. The summed E-state index contributed by atoms with van der Waals surface area (Å²) < 4.78 is 50.1. The van der Waals surface area contributed by atoms with Gasteiger partial charge < -0.3 is 14.6 Å². The van der Waals surface area contributed by atoms with E-state index in [-0.39, 0.29) is 17.1 Å². The van der Waals surface area contributed by atoms with Gasteiger partial charge in [0.05, 0.1) is 11.1 Å². The van der Waals surface area contributed by atoms with E-state index in [9.17, 15) is 23.1 Å². The average molecular weight is 378 g/mol. The first-order valence-electron chi connectivity index (χ1n) is 8.37. The number of alkyl halides is 3. The highest BCUT2D eigenvalue weighted by molar-refractivity contribution is 5.95. The monoisotopic (exact) mass is 378 g/mol. The van der Waals surface area contributed by atoms with Gasteiger partial charge in [0.25, 0.3) is 0 Å². The standard InChI is InChI=1S/C20H17F3O4/c1-2-4-12-7-9-13(10-8-12)26-16-5-3-6-17-14(16)11-15(19(24)25)18(27-17)20(21,22)23/h3,5-11,18H,2,4H2,1H3,(H,24,25). The van der Waals surface area contributed by atoms with E-state index in [1.54, 1.807) is 18.2 Å². The predicted octanol–water partition coefficient (Wildman–Crippen LogP) is 5.22. The van der Waals surface area contributed by atoms with Gasteiger partial charge in [-0.1, -0.05) is 31.5 Å². The zero-order chi connectivity index (χ0) is 19.6. The highest BCUT2D eigenvalue weighted by Crippen LogP contribution is 2.41. The van der Waals surface area contributed by atoms with Crippen molar-refractivity contribution in [1.82, 2.24) is 0 Å². The molecule has 142 valence electrons. The molecule has 27 heavy (non-hydrogen) atoms. The molecule has 3 rings (SSSR count). The average Bonchev–Trinajstić information content (AvgIpc) is 2.62. The van der Waals surface area contributed by atoms with Crippen LogP contribution in [0.25, 0.3) is 6.08 Å². The van der Waals surface area contributed by atoms with Gasteiger partial charge >= 0.3 is 12.1 Å². The van der Waals surface area contributed by atoms with Crippen LogP contribution in [0.2, 0.25) is 0 Å². The molecule has 0 aromatic heterocycles. The molecule has 1 unspecified atom stereocenters. The summed E-state index contributed by atoms with van der Waals surface area (Å²) in [6, 6.07) is 11.7. The van der Waals surface area contributed by atoms with E-state index < -0.39 is 23.8 Å². The van der Waals surface area contributed by atoms with Crippen molar-refractivity contribution in [2.45, 2.75) is 32.0 Å². The van der Waals surface area contributed by atoms with E-state index in [1.807, 2.05) is 12.1 Å². The van der Waals surface area contributed by atoms with Crippen molar-refractivity contribution in [3.63, 3.8) is 0 Å². The summed E-state index contributed by atoms with van der Waals surface area (Å²) in [4.78, 5) is 11.3. The molecule has 0 bridgehead atoms. The van der Waals surface area contributed by atoms with Crippen molar-refractivity contribution in [2.24, 2.45) is 0 Å². The summed E-state index contributed by atoms with van der Waals surface area (Å²) in [7, 11) is 0. The molecule has 0 amide bonds. The number of aryl methyl sites for hydroxylation is 1. The number of ether oxygens (including phenoxy) is 2. The summed E-state index contributed by atoms with van der Waals surface area (Å²) in [6.45, 7) is 2.07. The van der Waals surface area contributed by atoms with Gasteiger partial charge in [-0.15, -0.1) is 0 Å². The van der Waals surface area contributed by atoms with Crippen molar-refractivity contribution in [2.75, 3.05) is 0 Å². The SMILES string of the molecule is CCCc1ccc(Oc2cccc3c2C=C(C(=O)O)C(C(F)(F)F)O3)cc1. The second-order valence-electron chi connectivity index (χ2n) is 6.11. The van der Waals surface area contributed by atoms with Crippen molar-refractivity contribution >= 4 is 12.0 Å². The Labute approximate surface area is 153 Å². The maximum atomic E-state index is 13.1. The molecule has 0 saturated carbocycles. The molecule has 0 fully saturated rings. The molecule has 4 nitrogen and oxygen atoms in total. The van der Waals surface area contributed by atoms with Crippen LogP contribution < -0.4 is 9.47 Å². The molecular formula is C20H17F3O4. The minimum atomic E-state index is -4.84. The lowest BCUT2D eigenvalue weighted by Crippen LogP contribution is -2.40. The number of carboxylic acids is 1. The third kappa shape index (κ3) is 4.07. The predicted molar refractivity (Wildman–Crippen MR) is 93.0 cm³/mol. The van der Waals surface area contributed by atoms with Gasteiger partial charge in [-0.3, -0.25) is 0 Å².